The molecule has 5 N–H and O–H groups in total. The molecule has 1 aromatic rings. The third-order valence-corrected chi connectivity index (χ3v) is 0.496. The largest absolute Gasteiger partial charge is 0.368 e. The van der Waals surface area contributed by atoms with E-state index in [1.807, 2.05) is 24.5 Å². The van der Waals surface area contributed by atoms with E-state index in [2.05, 4.69) is 10.5 Å². The van der Waals surface area contributed by atoms with Crippen molar-refractivity contribution in [3.05, 3.63) is 24.5 Å². The van der Waals surface area contributed by atoms with Crippen LogP contribution in [0.3, 0.4) is 0 Å². The first kappa shape index (κ1) is 8.59. The molecular formula is C4H9N2O2P. The minimum Gasteiger partial charge on any atom is -0.368 e. The highest BCUT2D eigenvalue weighted by Crippen LogP contribution is 2.05. The van der Waals surface area contributed by atoms with E-state index in [-0.39, 0.29) is 0 Å². The van der Waals surface area contributed by atoms with Crippen molar-refractivity contribution in [1.82, 2.24) is 4.98 Å². The van der Waals surface area contributed by atoms with Gasteiger partial charge in [0.1, 0.15) is 0 Å². The Morgan fingerprint density at radius 3 is 1.67 bits per heavy atom. The quantitative estimate of drug-likeness (QED) is 0.396. The molecule has 1 aromatic heterocycles. The molecular weight excluding hydrogens is 139 g/mol. The Hall–Kier alpha value is -0.410. The molecule has 0 spiro atoms. The average Bonchev–Trinajstić information content (AvgIpc) is 2.11. The molecule has 0 aromatic carbocycles. The molecule has 0 radical (unpaired) electrons. The van der Waals surface area contributed by atoms with E-state index >= 15 is 0 Å². The third kappa shape index (κ3) is 11.3. The molecule has 0 saturated carbocycles. The van der Waals surface area contributed by atoms with Crippen LogP contribution in [-0.4, -0.2) is 14.8 Å². The highest BCUT2D eigenvalue weighted by atomic mass is 31.2. The second-order valence-corrected chi connectivity index (χ2v) is 1.85. The topological polar surface area (TPSA) is 82.3 Å². The molecule has 9 heavy (non-hydrogen) atoms. The maximum atomic E-state index is 7.45. The molecule has 0 amide bonds. The van der Waals surface area contributed by atoms with Crippen molar-refractivity contribution >= 4 is 8.53 Å². The third-order valence-electron chi connectivity index (χ3n) is 0.496. The molecule has 52 valence electrons. The van der Waals surface area contributed by atoms with Crippen LogP contribution in [0, 0.1) is 0 Å². The monoisotopic (exact) mass is 148 g/mol. The Morgan fingerprint density at radius 1 is 1.22 bits per heavy atom. The van der Waals surface area contributed by atoms with E-state index in [0.717, 1.165) is 0 Å². The molecule has 1 heterocycles. The van der Waals surface area contributed by atoms with Crippen molar-refractivity contribution in [1.29, 1.82) is 0 Å². The molecule has 0 unspecified atom stereocenters. The molecule has 1 rings (SSSR count). The maximum absolute atomic E-state index is 7.45. The number of aromatic nitrogens is 1. The molecule has 4 nitrogen and oxygen atoms in total. The SMILES string of the molecule is NP(O)O.c1cc[nH]c1. The summed E-state index contributed by atoms with van der Waals surface area (Å²) >= 11 is 0. The van der Waals surface area contributed by atoms with Gasteiger partial charge in [-0.3, -0.25) is 5.50 Å². The van der Waals surface area contributed by atoms with Gasteiger partial charge in [-0.05, 0) is 12.1 Å². The minimum atomic E-state index is -2.12. The standard InChI is InChI=1S/C4H5N.H4NO2P/c1-2-4-5-3-1;1-4(2)3/h1-5H;2-3H,1H2. The van der Waals surface area contributed by atoms with E-state index in [1.54, 1.807) is 0 Å². The van der Waals surface area contributed by atoms with E-state index in [4.69, 9.17) is 9.79 Å². The number of hydrogen-bond donors (Lipinski definition) is 4. The number of rotatable bonds is 0. The Balaban J connectivity index is 0.000000148. The van der Waals surface area contributed by atoms with Gasteiger partial charge in [-0.1, -0.05) is 0 Å². The number of nitrogens with two attached hydrogens (primary N) is 1. The smallest absolute Gasteiger partial charge is 0.247 e. The van der Waals surface area contributed by atoms with Crippen molar-refractivity contribution in [2.45, 2.75) is 0 Å². The maximum Gasteiger partial charge on any atom is 0.247 e. The van der Waals surface area contributed by atoms with Gasteiger partial charge in [0.15, 0.2) is 0 Å². The number of hydrogen-bond acceptors (Lipinski definition) is 3. The van der Waals surface area contributed by atoms with Crippen LogP contribution in [-0.2, 0) is 0 Å². The summed E-state index contributed by atoms with van der Waals surface area (Å²) < 4.78 is 0. The van der Waals surface area contributed by atoms with Crippen LogP contribution in [0.5, 0.6) is 0 Å². The Morgan fingerprint density at radius 2 is 1.56 bits per heavy atom. The predicted molar refractivity (Wildman–Crippen MR) is 36.3 cm³/mol. The lowest BCUT2D eigenvalue weighted by Gasteiger charge is -1.79. The lowest BCUT2D eigenvalue weighted by Crippen LogP contribution is -1.78. The molecule has 0 atom stereocenters. The summed E-state index contributed by atoms with van der Waals surface area (Å²) in [6.45, 7) is 0. The van der Waals surface area contributed by atoms with Gasteiger partial charge < -0.3 is 14.8 Å². The fourth-order valence-electron chi connectivity index (χ4n) is 0.278. The number of nitrogens with one attached hydrogen (secondary N) is 1. The first-order valence-corrected chi connectivity index (χ1v) is 3.55. The molecule has 0 aliphatic heterocycles. The summed E-state index contributed by atoms with van der Waals surface area (Å²) in [6.07, 6.45) is 3.75. The van der Waals surface area contributed by atoms with Crippen molar-refractivity contribution < 1.29 is 9.79 Å². The van der Waals surface area contributed by atoms with Crippen molar-refractivity contribution in [2.75, 3.05) is 0 Å². The molecule has 0 aliphatic carbocycles. The minimum absolute atomic E-state index is 1.88. The summed E-state index contributed by atoms with van der Waals surface area (Å²) in [5.74, 6) is 0. The molecule has 0 bridgehead atoms. The van der Waals surface area contributed by atoms with Crippen molar-refractivity contribution in [3.8, 4) is 0 Å². The summed E-state index contributed by atoms with van der Waals surface area (Å²) in [6, 6.07) is 3.89. The van der Waals surface area contributed by atoms with Crippen LogP contribution in [0.2, 0.25) is 0 Å². The summed E-state index contributed by atoms with van der Waals surface area (Å²) in [5, 5.41) is 0. The average molecular weight is 148 g/mol. The Labute approximate surface area is 54.3 Å². The molecule has 0 aliphatic rings. The van der Waals surface area contributed by atoms with E-state index < -0.39 is 8.53 Å². The van der Waals surface area contributed by atoms with Crippen LogP contribution in [0.4, 0.5) is 0 Å². The van der Waals surface area contributed by atoms with Gasteiger partial charge in [0.2, 0.25) is 8.53 Å². The second-order valence-electron chi connectivity index (χ2n) is 1.21. The van der Waals surface area contributed by atoms with Gasteiger partial charge in [0.25, 0.3) is 0 Å². The van der Waals surface area contributed by atoms with E-state index in [1.165, 1.54) is 0 Å². The lowest BCUT2D eigenvalue weighted by atomic mass is 10.7. The van der Waals surface area contributed by atoms with E-state index in [9.17, 15) is 0 Å². The summed E-state index contributed by atoms with van der Waals surface area (Å²) in [5.41, 5.74) is 4.29. The first-order chi connectivity index (χ1) is 4.23. The Bertz CT molecular complexity index is 100. The van der Waals surface area contributed by atoms with Crippen molar-refractivity contribution in [2.24, 2.45) is 5.50 Å². The predicted octanol–water partition coefficient (Wildman–Crippen LogP) is 0.171. The van der Waals surface area contributed by atoms with E-state index in [0.29, 0.717) is 0 Å². The lowest BCUT2D eigenvalue weighted by molar-refractivity contribution is 0.485. The highest BCUT2D eigenvalue weighted by molar-refractivity contribution is 7.42. The van der Waals surface area contributed by atoms with Gasteiger partial charge in [0, 0.05) is 12.4 Å². The number of aromatic amines is 1. The zero-order valence-electron chi connectivity index (χ0n) is 4.73. The Kier molecular flexibility index (Phi) is 5.46. The van der Waals surface area contributed by atoms with Gasteiger partial charge in [0.05, 0.1) is 0 Å². The second kappa shape index (κ2) is 5.72. The van der Waals surface area contributed by atoms with Crippen LogP contribution in [0.15, 0.2) is 24.5 Å². The fraction of sp³-hybridized carbons (Fsp3) is 0. The van der Waals surface area contributed by atoms with Crippen LogP contribution >= 0.6 is 8.53 Å². The van der Waals surface area contributed by atoms with Crippen LogP contribution < -0.4 is 5.50 Å². The van der Waals surface area contributed by atoms with Gasteiger partial charge in [-0.25, -0.2) is 0 Å². The number of H-pyrrole nitrogens is 1. The normalized spacial score (nSPS) is 8.44. The van der Waals surface area contributed by atoms with Crippen LogP contribution in [0.25, 0.3) is 0 Å². The van der Waals surface area contributed by atoms with Crippen molar-refractivity contribution in [3.63, 3.8) is 0 Å². The van der Waals surface area contributed by atoms with Gasteiger partial charge >= 0.3 is 0 Å². The van der Waals surface area contributed by atoms with Gasteiger partial charge in [-0.2, -0.15) is 0 Å². The van der Waals surface area contributed by atoms with Crippen LogP contribution in [0.1, 0.15) is 0 Å². The molecule has 0 saturated heterocycles. The molecule has 0 fully saturated rings. The first-order valence-electron chi connectivity index (χ1n) is 2.24. The summed E-state index contributed by atoms with van der Waals surface area (Å²) in [4.78, 5) is 17.8. The zero-order valence-corrected chi connectivity index (χ0v) is 5.62. The highest BCUT2D eigenvalue weighted by Gasteiger charge is 1.72. The summed E-state index contributed by atoms with van der Waals surface area (Å²) in [7, 11) is -2.12. The fourth-order valence-corrected chi connectivity index (χ4v) is 0.278. The molecule has 5 heteroatoms. The van der Waals surface area contributed by atoms with Gasteiger partial charge in [-0.15, -0.1) is 0 Å². The zero-order chi connectivity index (χ0) is 7.11.